The molecular weight excluding hydrogens is 347 g/mol. The number of aliphatic hydroxyl groups excluding tert-OH is 6. The SMILES string of the molecule is CCC1O[C@H](CO)[C@@H](O[C@@H]2O[C@H](CO)[C@H](O)[C@H](O)[C@]2(O)F)[C@H](O)[C@H]1O. The summed E-state index contributed by atoms with van der Waals surface area (Å²) in [4.78, 5) is 0. The number of rotatable bonds is 5. The van der Waals surface area contributed by atoms with Crippen LogP contribution in [0.5, 0.6) is 0 Å². The van der Waals surface area contributed by atoms with Crippen LogP contribution in [0.25, 0.3) is 0 Å². The summed E-state index contributed by atoms with van der Waals surface area (Å²) in [5.74, 6) is -3.57. The molecule has 0 bridgehead atoms. The van der Waals surface area contributed by atoms with Crippen LogP contribution < -0.4 is 0 Å². The number of hydrogen-bond donors (Lipinski definition) is 7. The van der Waals surface area contributed by atoms with E-state index in [0.717, 1.165) is 0 Å². The summed E-state index contributed by atoms with van der Waals surface area (Å²) >= 11 is 0. The molecule has 10 atom stereocenters. The Kier molecular flexibility index (Phi) is 6.71. The van der Waals surface area contributed by atoms with Gasteiger partial charge in [-0.2, -0.15) is 0 Å². The van der Waals surface area contributed by atoms with Crippen molar-refractivity contribution in [1.29, 1.82) is 0 Å². The van der Waals surface area contributed by atoms with E-state index in [2.05, 4.69) is 0 Å². The van der Waals surface area contributed by atoms with E-state index in [4.69, 9.17) is 19.3 Å². The molecule has 11 heteroatoms. The second-order valence-electron chi connectivity index (χ2n) is 6.24. The van der Waals surface area contributed by atoms with Crippen LogP contribution in [0.4, 0.5) is 4.39 Å². The number of hydrogen-bond acceptors (Lipinski definition) is 10. The topological polar surface area (TPSA) is 169 Å². The first-order valence-electron chi connectivity index (χ1n) is 8.00. The Bertz CT molecular complexity index is 436. The van der Waals surface area contributed by atoms with E-state index < -0.39 is 74.2 Å². The van der Waals surface area contributed by atoms with E-state index in [1.165, 1.54) is 0 Å². The van der Waals surface area contributed by atoms with Crippen molar-refractivity contribution in [2.24, 2.45) is 0 Å². The predicted octanol–water partition coefficient (Wildman–Crippen LogP) is -3.64. The first kappa shape index (κ1) is 20.8. The molecule has 0 aromatic heterocycles. The van der Waals surface area contributed by atoms with E-state index in [1.54, 1.807) is 6.92 Å². The number of aliphatic hydroxyl groups is 7. The average molecular weight is 372 g/mol. The highest BCUT2D eigenvalue weighted by Crippen LogP contribution is 2.35. The van der Waals surface area contributed by atoms with Crippen LogP contribution in [0, 0.1) is 0 Å². The Labute approximate surface area is 143 Å². The van der Waals surface area contributed by atoms with Gasteiger partial charge in [0.25, 0.3) is 5.85 Å². The van der Waals surface area contributed by atoms with Crippen molar-refractivity contribution >= 4 is 0 Å². The zero-order valence-corrected chi connectivity index (χ0v) is 13.6. The molecule has 148 valence electrons. The largest absolute Gasteiger partial charge is 0.394 e. The molecule has 25 heavy (non-hydrogen) atoms. The Hall–Kier alpha value is -0.470. The summed E-state index contributed by atoms with van der Waals surface area (Å²) in [6, 6.07) is 0. The lowest BCUT2D eigenvalue weighted by atomic mass is 9.93. The first-order chi connectivity index (χ1) is 11.7. The minimum atomic E-state index is -3.57. The van der Waals surface area contributed by atoms with E-state index in [-0.39, 0.29) is 0 Å². The lowest BCUT2D eigenvalue weighted by molar-refractivity contribution is -0.401. The van der Waals surface area contributed by atoms with Crippen molar-refractivity contribution in [2.45, 2.75) is 74.3 Å². The van der Waals surface area contributed by atoms with Gasteiger partial charge < -0.3 is 50.0 Å². The Morgan fingerprint density at radius 2 is 1.52 bits per heavy atom. The quantitative estimate of drug-likeness (QED) is 0.255. The number of halogens is 1. The molecule has 2 heterocycles. The molecule has 0 radical (unpaired) electrons. The van der Waals surface area contributed by atoms with Crippen molar-refractivity contribution in [3.63, 3.8) is 0 Å². The Morgan fingerprint density at radius 1 is 0.920 bits per heavy atom. The molecule has 0 saturated carbocycles. The maximum absolute atomic E-state index is 14.4. The maximum atomic E-state index is 14.4. The van der Waals surface area contributed by atoms with Crippen LogP contribution >= 0.6 is 0 Å². The molecular formula is C14H25FO10. The monoisotopic (exact) mass is 372 g/mol. The zero-order chi connectivity index (χ0) is 18.9. The van der Waals surface area contributed by atoms with Gasteiger partial charge in [-0.05, 0) is 6.42 Å². The lowest BCUT2D eigenvalue weighted by Crippen LogP contribution is -2.68. The number of alkyl halides is 1. The molecule has 2 aliphatic rings. The minimum Gasteiger partial charge on any atom is -0.394 e. The standard InChI is InChI=1S/C14H25FO10/c1-2-5-8(18)10(20)11(7(4-17)23-5)25-13-14(15,22)12(21)9(19)6(3-16)24-13/h5-13,16-22H,2-4H2,1H3/t5?,6-,7-,8+,9+,10-,11-,12+,13+,14-/m1/s1. The molecule has 2 saturated heterocycles. The van der Waals surface area contributed by atoms with Crippen molar-refractivity contribution in [3.05, 3.63) is 0 Å². The summed E-state index contributed by atoms with van der Waals surface area (Å²) in [5.41, 5.74) is 0. The van der Waals surface area contributed by atoms with Gasteiger partial charge in [0, 0.05) is 0 Å². The summed E-state index contributed by atoms with van der Waals surface area (Å²) in [6.45, 7) is 0.239. The molecule has 10 nitrogen and oxygen atoms in total. The highest BCUT2D eigenvalue weighted by atomic mass is 19.2. The summed E-state index contributed by atoms with van der Waals surface area (Å²) < 4.78 is 29.9. The molecule has 0 aromatic carbocycles. The average Bonchev–Trinajstić information content (AvgIpc) is 2.59. The van der Waals surface area contributed by atoms with Crippen LogP contribution in [0.1, 0.15) is 13.3 Å². The second kappa shape index (κ2) is 8.05. The fourth-order valence-electron chi connectivity index (χ4n) is 3.01. The van der Waals surface area contributed by atoms with Gasteiger partial charge in [-0.25, -0.2) is 4.39 Å². The van der Waals surface area contributed by atoms with Gasteiger partial charge in [0.15, 0.2) is 0 Å². The summed E-state index contributed by atoms with van der Waals surface area (Å²) in [7, 11) is 0. The maximum Gasteiger partial charge on any atom is 0.287 e. The van der Waals surface area contributed by atoms with Crippen molar-refractivity contribution in [3.8, 4) is 0 Å². The van der Waals surface area contributed by atoms with Gasteiger partial charge in [0.1, 0.15) is 42.7 Å². The normalized spacial score (nSPS) is 51.5. The smallest absolute Gasteiger partial charge is 0.287 e. The number of ether oxygens (including phenoxy) is 3. The second-order valence-corrected chi connectivity index (χ2v) is 6.24. The third kappa shape index (κ3) is 3.81. The van der Waals surface area contributed by atoms with Crippen LogP contribution in [0.3, 0.4) is 0 Å². The van der Waals surface area contributed by atoms with Gasteiger partial charge in [0.05, 0.1) is 19.3 Å². The van der Waals surface area contributed by atoms with Gasteiger partial charge in [-0.1, -0.05) is 6.92 Å². The molecule has 1 unspecified atom stereocenters. The fourth-order valence-corrected chi connectivity index (χ4v) is 3.01. The van der Waals surface area contributed by atoms with Crippen molar-refractivity contribution < 1.29 is 54.3 Å². The Morgan fingerprint density at radius 3 is 2.04 bits per heavy atom. The van der Waals surface area contributed by atoms with Crippen molar-refractivity contribution in [2.75, 3.05) is 13.2 Å². The third-order valence-corrected chi connectivity index (χ3v) is 4.57. The highest BCUT2D eigenvalue weighted by molar-refractivity contribution is 4.97. The highest BCUT2D eigenvalue weighted by Gasteiger charge is 2.58. The van der Waals surface area contributed by atoms with Gasteiger partial charge >= 0.3 is 0 Å². The molecule has 0 spiro atoms. The van der Waals surface area contributed by atoms with Gasteiger partial charge in [-0.3, -0.25) is 0 Å². The van der Waals surface area contributed by atoms with E-state index in [9.17, 15) is 35.0 Å². The molecule has 0 amide bonds. The molecule has 2 fully saturated rings. The zero-order valence-electron chi connectivity index (χ0n) is 13.6. The minimum absolute atomic E-state index is 0.325. The molecule has 7 N–H and O–H groups in total. The van der Waals surface area contributed by atoms with Gasteiger partial charge in [-0.15, -0.1) is 0 Å². The molecule has 0 aliphatic carbocycles. The lowest BCUT2D eigenvalue weighted by Gasteiger charge is -2.47. The van der Waals surface area contributed by atoms with E-state index in [1.807, 2.05) is 0 Å². The van der Waals surface area contributed by atoms with E-state index >= 15 is 0 Å². The molecule has 0 aromatic rings. The van der Waals surface area contributed by atoms with Crippen LogP contribution in [0.2, 0.25) is 0 Å². The molecule has 2 aliphatic heterocycles. The van der Waals surface area contributed by atoms with Crippen LogP contribution in [-0.2, 0) is 14.2 Å². The van der Waals surface area contributed by atoms with Crippen LogP contribution in [0.15, 0.2) is 0 Å². The third-order valence-electron chi connectivity index (χ3n) is 4.57. The predicted molar refractivity (Wildman–Crippen MR) is 76.7 cm³/mol. The van der Waals surface area contributed by atoms with Gasteiger partial charge in [0.2, 0.25) is 6.29 Å². The van der Waals surface area contributed by atoms with Crippen molar-refractivity contribution in [1.82, 2.24) is 0 Å². The fraction of sp³-hybridized carbons (Fsp3) is 1.00. The Balaban J connectivity index is 2.20. The summed E-state index contributed by atoms with van der Waals surface area (Å²) in [5, 5.41) is 67.8. The molecule has 2 rings (SSSR count). The van der Waals surface area contributed by atoms with Crippen LogP contribution in [-0.4, -0.2) is 110 Å². The summed E-state index contributed by atoms with van der Waals surface area (Å²) in [6.07, 6.45) is -14.1. The first-order valence-corrected chi connectivity index (χ1v) is 8.00. The van der Waals surface area contributed by atoms with E-state index in [0.29, 0.717) is 6.42 Å².